The molecule has 4 nitrogen and oxygen atoms in total. The Morgan fingerprint density at radius 2 is 1.69 bits per heavy atom. The predicted molar refractivity (Wildman–Crippen MR) is 99.4 cm³/mol. The van der Waals surface area contributed by atoms with Crippen molar-refractivity contribution in [2.24, 2.45) is 0 Å². The summed E-state index contributed by atoms with van der Waals surface area (Å²) >= 11 is 1.13. The molecule has 2 aromatic carbocycles. The highest BCUT2D eigenvalue weighted by Crippen LogP contribution is 2.31. The molecule has 3 aromatic rings. The van der Waals surface area contributed by atoms with E-state index in [1.165, 1.54) is 24.3 Å². The number of carbonyl (C=O) groups excluding carboxylic acids is 1. The number of rotatable bonds is 6. The fraction of sp³-hybridized carbons (Fsp3) is 0.105. The lowest BCUT2D eigenvalue weighted by molar-refractivity contribution is 0.0949. The Morgan fingerprint density at radius 3 is 2.35 bits per heavy atom. The van der Waals surface area contributed by atoms with E-state index in [9.17, 15) is 17.6 Å². The first-order chi connectivity index (χ1) is 12.5. The lowest BCUT2D eigenvalue weighted by Gasteiger charge is -2.18. The summed E-state index contributed by atoms with van der Waals surface area (Å²) in [5, 5.41) is 3.28. The van der Waals surface area contributed by atoms with Crippen molar-refractivity contribution >= 4 is 27.1 Å². The van der Waals surface area contributed by atoms with E-state index in [4.69, 9.17) is 0 Å². The van der Waals surface area contributed by atoms with Crippen molar-refractivity contribution in [3.05, 3.63) is 89.1 Å². The minimum Gasteiger partial charge on any atom is -0.350 e. The van der Waals surface area contributed by atoms with Crippen LogP contribution in [0.2, 0.25) is 0 Å². The average molecular weight is 389 g/mol. The van der Waals surface area contributed by atoms with Crippen LogP contribution in [0.5, 0.6) is 0 Å². The topological polar surface area (TPSA) is 63.2 Å². The zero-order valence-corrected chi connectivity index (χ0v) is 15.3. The summed E-state index contributed by atoms with van der Waals surface area (Å²) in [4.78, 5) is 12.3. The molecule has 0 spiro atoms. The van der Waals surface area contributed by atoms with E-state index in [0.717, 1.165) is 11.3 Å². The maximum atomic E-state index is 13.8. The fourth-order valence-corrected chi connectivity index (χ4v) is 5.43. The number of benzene rings is 2. The van der Waals surface area contributed by atoms with Crippen LogP contribution in [0.15, 0.2) is 76.3 Å². The third-order valence-electron chi connectivity index (χ3n) is 3.89. The first kappa shape index (κ1) is 18.3. The molecule has 7 heteroatoms. The number of amides is 1. The normalized spacial score (nSPS) is 12.5. The lowest BCUT2D eigenvalue weighted by atomic mass is 10.1. The Balaban J connectivity index is 1.88. The molecular weight excluding hydrogens is 373 g/mol. The second-order valence-corrected chi connectivity index (χ2v) is 8.87. The van der Waals surface area contributed by atoms with Crippen LogP contribution in [0.1, 0.15) is 21.2 Å². The number of nitrogens with one attached hydrogen (secondary N) is 1. The molecule has 0 fully saturated rings. The van der Waals surface area contributed by atoms with Crippen molar-refractivity contribution in [1.29, 1.82) is 0 Å². The van der Waals surface area contributed by atoms with Crippen LogP contribution in [-0.4, -0.2) is 20.9 Å². The van der Waals surface area contributed by atoms with E-state index in [1.54, 1.807) is 47.8 Å². The molecule has 1 atom stereocenters. The third kappa shape index (κ3) is 3.84. The van der Waals surface area contributed by atoms with Gasteiger partial charge in [0.2, 0.25) is 0 Å². The van der Waals surface area contributed by atoms with Gasteiger partial charge in [0.1, 0.15) is 15.3 Å². The van der Waals surface area contributed by atoms with Gasteiger partial charge in [0.15, 0.2) is 9.84 Å². The van der Waals surface area contributed by atoms with E-state index < -0.39 is 26.8 Å². The van der Waals surface area contributed by atoms with Crippen LogP contribution in [0.3, 0.4) is 0 Å². The lowest BCUT2D eigenvalue weighted by Crippen LogP contribution is -2.32. The second kappa shape index (κ2) is 7.80. The highest BCUT2D eigenvalue weighted by molar-refractivity contribution is 7.93. The van der Waals surface area contributed by atoms with Crippen molar-refractivity contribution in [3.63, 3.8) is 0 Å². The van der Waals surface area contributed by atoms with Crippen LogP contribution in [0, 0.1) is 5.82 Å². The van der Waals surface area contributed by atoms with Crippen molar-refractivity contribution in [3.8, 4) is 0 Å². The molecule has 26 heavy (non-hydrogen) atoms. The Hall–Kier alpha value is -2.51. The van der Waals surface area contributed by atoms with Crippen LogP contribution < -0.4 is 5.32 Å². The maximum absolute atomic E-state index is 13.8. The number of halogens is 1. The molecule has 0 aliphatic heterocycles. The summed E-state index contributed by atoms with van der Waals surface area (Å²) in [6.07, 6.45) is 0. The minimum absolute atomic E-state index is 0.118. The minimum atomic E-state index is -3.69. The van der Waals surface area contributed by atoms with Crippen molar-refractivity contribution in [2.75, 3.05) is 6.54 Å². The summed E-state index contributed by atoms with van der Waals surface area (Å²) in [7, 11) is -3.69. The van der Waals surface area contributed by atoms with Gasteiger partial charge in [-0.3, -0.25) is 4.79 Å². The van der Waals surface area contributed by atoms with Gasteiger partial charge >= 0.3 is 0 Å². The summed E-state index contributed by atoms with van der Waals surface area (Å²) < 4.78 is 40.0. The second-order valence-electron chi connectivity index (χ2n) is 5.57. The zero-order chi connectivity index (χ0) is 18.6. The molecule has 3 rings (SSSR count). The van der Waals surface area contributed by atoms with Gasteiger partial charge in [-0.25, -0.2) is 12.8 Å². The molecule has 0 aliphatic carbocycles. The molecule has 1 heterocycles. The van der Waals surface area contributed by atoms with Gasteiger partial charge in [-0.15, -0.1) is 11.3 Å². The fourth-order valence-electron chi connectivity index (χ4n) is 2.57. The maximum Gasteiger partial charge on any atom is 0.254 e. The summed E-state index contributed by atoms with van der Waals surface area (Å²) in [6.45, 7) is -0.155. The largest absolute Gasteiger partial charge is 0.350 e. The first-order valence-electron chi connectivity index (χ1n) is 7.85. The van der Waals surface area contributed by atoms with Gasteiger partial charge < -0.3 is 5.32 Å². The van der Waals surface area contributed by atoms with E-state index in [0.29, 0.717) is 5.56 Å². The smallest absolute Gasteiger partial charge is 0.254 e. The quantitative estimate of drug-likeness (QED) is 0.697. The molecule has 0 saturated carbocycles. The van der Waals surface area contributed by atoms with Crippen molar-refractivity contribution < 1.29 is 17.6 Å². The van der Waals surface area contributed by atoms with Gasteiger partial charge in [-0.1, -0.05) is 48.5 Å². The molecule has 0 bridgehead atoms. The van der Waals surface area contributed by atoms with Gasteiger partial charge in [-0.2, -0.15) is 0 Å². The van der Waals surface area contributed by atoms with Gasteiger partial charge in [0.05, 0.1) is 5.56 Å². The monoisotopic (exact) mass is 389 g/mol. The average Bonchev–Trinajstić information content (AvgIpc) is 3.18. The van der Waals surface area contributed by atoms with Gasteiger partial charge in [-0.05, 0) is 29.1 Å². The molecule has 0 radical (unpaired) electrons. The van der Waals surface area contributed by atoms with Crippen molar-refractivity contribution in [2.45, 2.75) is 9.46 Å². The number of sulfone groups is 1. The van der Waals surface area contributed by atoms with E-state index in [1.807, 2.05) is 0 Å². The zero-order valence-electron chi connectivity index (χ0n) is 13.6. The standard InChI is InChI=1S/C19H16FNO3S2/c20-16-10-5-4-9-15(16)19(22)21-13-17(14-7-2-1-3-8-14)26(23,24)18-11-6-12-25-18/h1-12,17H,13H2,(H,21,22). The molecule has 0 aliphatic rings. The van der Waals surface area contributed by atoms with Gasteiger partial charge in [0, 0.05) is 6.54 Å². The molecule has 1 aromatic heterocycles. The van der Waals surface area contributed by atoms with E-state index in [-0.39, 0.29) is 16.3 Å². The molecule has 0 saturated heterocycles. The van der Waals surface area contributed by atoms with Crippen LogP contribution in [-0.2, 0) is 9.84 Å². The van der Waals surface area contributed by atoms with Gasteiger partial charge in [0.25, 0.3) is 5.91 Å². The SMILES string of the molecule is O=C(NCC(c1ccccc1)S(=O)(=O)c1cccs1)c1ccccc1F. The number of hydrogen-bond acceptors (Lipinski definition) is 4. The predicted octanol–water partition coefficient (Wildman–Crippen LogP) is 3.83. The first-order valence-corrected chi connectivity index (χ1v) is 10.3. The molecule has 1 N–H and O–H groups in total. The van der Waals surface area contributed by atoms with Crippen LogP contribution in [0.25, 0.3) is 0 Å². The molecule has 1 unspecified atom stereocenters. The number of hydrogen-bond donors (Lipinski definition) is 1. The Morgan fingerprint density at radius 1 is 1.00 bits per heavy atom. The summed E-state index contributed by atoms with van der Waals surface area (Å²) in [6, 6.07) is 17.5. The number of carbonyl (C=O) groups is 1. The van der Waals surface area contributed by atoms with Crippen LogP contribution >= 0.6 is 11.3 Å². The summed E-state index contributed by atoms with van der Waals surface area (Å²) in [5.74, 6) is -1.30. The summed E-state index contributed by atoms with van der Waals surface area (Å²) in [5.41, 5.74) is 0.447. The Kier molecular flexibility index (Phi) is 5.49. The Bertz CT molecular complexity index is 987. The molecule has 1 amide bonds. The van der Waals surface area contributed by atoms with Crippen LogP contribution in [0.4, 0.5) is 4.39 Å². The highest BCUT2D eigenvalue weighted by Gasteiger charge is 2.30. The third-order valence-corrected chi connectivity index (χ3v) is 7.42. The number of thiophene rings is 1. The van der Waals surface area contributed by atoms with E-state index in [2.05, 4.69) is 5.32 Å². The Labute approximate surface area is 155 Å². The molecular formula is C19H16FNO3S2. The molecule has 134 valence electrons. The van der Waals surface area contributed by atoms with E-state index >= 15 is 0 Å². The van der Waals surface area contributed by atoms with Crippen molar-refractivity contribution in [1.82, 2.24) is 5.32 Å². The highest BCUT2D eigenvalue weighted by atomic mass is 32.2.